The summed E-state index contributed by atoms with van der Waals surface area (Å²) in [6.45, 7) is 2.81. The molecular weight excluding hydrogens is 226 g/mol. The van der Waals surface area contributed by atoms with Crippen molar-refractivity contribution in [3.8, 4) is 17.9 Å². The number of rotatable bonds is 7. The first kappa shape index (κ1) is 14.0. The van der Waals surface area contributed by atoms with E-state index in [-0.39, 0.29) is 12.6 Å². The molecule has 94 valence electrons. The first-order valence-corrected chi connectivity index (χ1v) is 5.99. The van der Waals surface area contributed by atoms with Gasteiger partial charge in [-0.15, -0.1) is 0 Å². The van der Waals surface area contributed by atoms with Gasteiger partial charge in [-0.1, -0.05) is 19.1 Å². The van der Waals surface area contributed by atoms with E-state index < -0.39 is 0 Å². The van der Waals surface area contributed by atoms with Gasteiger partial charge < -0.3 is 10.1 Å². The summed E-state index contributed by atoms with van der Waals surface area (Å²) in [5, 5.41) is 20.4. The maximum absolute atomic E-state index is 8.67. The fourth-order valence-electron chi connectivity index (χ4n) is 1.59. The Labute approximate surface area is 108 Å². The first-order valence-electron chi connectivity index (χ1n) is 5.99. The molecule has 1 aromatic rings. The molecule has 1 aromatic carbocycles. The second kappa shape index (κ2) is 8.11. The smallest absolute Gasteiger partial charge is 0.174 e. The van der Waals surface area contributed by atoms with Crippen molar-refractivity contribution in [3.63, 3.8) is 0 Å². The van der Waals surface area contributed by atoms with Crippen LogP contribution in [-0.4, -0.2) is 12.6 Å². The predicted octanol–water partition coefficient (Wildman–Crippen LogP) is 2.37. The van der Waals surface area contributed by atoms with Crippen LogP contribution in [0.2, 0.25) is 0 Å². The molecule has 1 atom stereocenters. The summed E-state index contributed by atoms with van der Waals surface area (Å²) < 4.78 is 5.24. The van der Waals surface area contributed by atoms with Gasteiger partial charge >= 0.3 is 0 Å². The normalized spacial score (nSPS) is 11.3. The molecule has 0 aliphatic heterocycles. The minimum atomic E-state index is 0.0584. The summed E-state index contributed by atoms with van der Waals surface area (Å²) in [6, 6.07) is 12.0. The molecule has 0 bridgehead atoms. The van der Waals surface area contributed by atoms with Crippen LogP contribution in [0.25, 0.3) is 0 Å². The molecule has 0 spiro atoms. The molecular formula is C14H17N3O. The Hall–Kier alpha value is -2.04. The van der Waals surface area contributed by atoms with E-state index in [1.165, 1.54) is 0 Å². The molecule has 0 amide bonds. The van der Waals surface area contributed by atoms with E-state index in [1.54, 1.807) is 0 Å². The van der Waals surface area contributed by atoms with Crippen molar-refractivity contribution in [1.29, 1.82) is 10.5 Å². The largest absolute Gasteiger partial charge is 0.479 e. The lowest BCUT2D eigenvalue weighted by atomic mass is 10.1. The van der Waals surface area contributed by atoms with Gasteiger partial charge in [0.2, 0.25) is 0 Å². The van der Waals surface area contributed by atoms with Crippen LogP contribution in [0.3, 0.4) is 0 Å². The highest BCUT2D eigenvalue weighted by Crippen LogP contribution is 2.13. The molecule has 1 unspecified atom stereocenters. The SMILES string of the molecule is CCC(CC#N)NCc1cccc(OCC#N)c1. The second-order valence-corrected chi connectivity index (χ2v) is 3.94. The van der Waals surface area contributed by atoms with Gasteiger partial charge in [0.05, 0.1) is 12.5 Å². The Bertz CT molecular complexity index is 445. The molecule has 0 radical (unpaired) electrons. The lowest BCUT2D eigenvalue weighted by Crippen LogP contribution is -2.27. The van der Waals surface area contributed by atoms with E-state index >= 15 is 0 Å². The number of nitriles is 2. The van der Waals surface area contributed by atoms with Crippen molar-refractivity contribution < 1.29 is 4.74 Å². The van der Waals surface area contributed by atoms with Crippen molar-refractivity contribution in [3.05, 3.63) is 29.8 Å². The van der Waals surface area contributed by atoms with Gasteiger partial charge in [0, 0.05) is 12.6 Å². The monoisotopic (exact) mass is 243 g/mol. The molecule has 18 heavy (non-hydrogen) atoms. The van der Waals surface area contributed by atoms with Crippen LogP contribution in [0, 0.1) is 22.7 Å². The summed E-state index contributed by atoms with van der Waals surface area (Å²) in [5.41, 5.74) is 1.09. The number of hydrogen-bond donors (Lipinski definition) is 1. The maximum Gasteiger partial charge on any atom is 0.174 e. The summed E-state index contributed by atoms with van der Waals surface area (Å²) in [6.07, 6.45) is 1.44. The van der Waals surface area contributed by atoms with Crippen LogP contribution < -0.4 is 10.1 Å². The summed E-state index contributed by atoms with van der Waals surface area (Å²) in [4.78, 5) is 0. The lowest BCUT2D eigenvalue weighted by Gasteiger charge is -2.13. The van der Waals surface area contributed by atoms with Crippen molar-refractivity contribution in [2.75, 3.05) is 6.61 Å². The van der Waals surface area contributed by atoms with Crippen molar-refractivity contribution in [1.82, 2.24) is 5.32 Å². The lowest BCUT2D eigenvalue weighted by molar-refractivity contribution is 0.367. The highest BCUT2D eigenvalue weighted by molar-refractivity contribution is 5.28. The zero-order valence-corrected chi connectivity index (χ0v) is 10.5. The average molecular weight is 243 g/mol. The number of ether oxygens (including phenoxy) is 1. The van der Waals surface area contributed by atoms with Gasteiger partial charge in [-0.05, 0) is 24.1 Å². The standard InChI is InChI=1S/C14H17N3O/c1-2-13(6-7-15)17-11-12-4-3-5-14(10-12)18-9-8-16/h3-5,10,13,17H,2,6,9,11H2,1H3. The van der Waals surface area contributed by atoms with Crippen molar-refractivity contribution in [2.45, 2.75) is 32.4 Å². The van der Waals surface area contributed by atoms with Gasteiger partial charge in [-0.3, -0.25) is 0 Å². The molecule has 0 saturated heterocycles. The fourth-order valence-corrected chi connectivity index (χ4v) is 1.59. The van der Waals surface area contributed by atoms with E-state index in [1.807, 2.05) is 30.3 Å². The van der Waals surface area contributed by atoms with Crippen LogP contribution in [-0.2, 0) is 6.54 Å². The Kier molecular flexibility index (Phi) is 6.32. The van der Waals surface area contributed by atoms with E-state index in [0.29, 0.717) is 18.7 Å². The molecule has 0 fully saturated rings. The van der Waals surface area contributed by atoms with Gasteiger partial charge in [0.15, 0.2) is 6.61 Å². The third-order valence-electron chi connectivity index (χ3n) is 2.63. The predicted molar refractivity (Wildman–Crippen MR) is 68.7 cm³/mol. The van der Waals surface area contributed by atoms with Crippen LogP contribution in [0.4, 0.5) is 0 Å². The number of nitrogens with one attached hydrogen (secondary N) is 1. The number of benzene rings is 1. The summed E-state index contributed by atoms with van der Waals surface area (Å²) in [5.74, 6) is 0.698. The van der Waals surface area contributed by atoms with E-state index in [0.717, 1.165) is 12.0 Å². The Balaban J connectivity index is 2.52. The second-order valence-electron chi connectivity index (χ2n) is 3.94. The Morgan fingerprint density at radius 2 is 2.17 bits per heavy atom. The third kappa shape index (κ3) is 4.86. The van der Waals surface area contributed by atoms with Crippen LogP contribution in [0.1, 0.15) is 25.3 Å². The third-order valence-corrected chi connectivity index (χ3v) is 2.63. The Morgan fingerprint density at radius 1 is 1.33 bits per heavy atom. The van der Waals surface area contributed by atoms with E-state index in [2.05, 4.69) is 18.3 Å². The van der Waals surface area contributed by atoms with Gasteiger partial charge in [-0.2, -0.15) is 10.5 Å². The average Bonchev–Trinajstić information content (AvgIpc) is 2.41. The zero-order chi connectivity index (χ0) is 13.2. The molecule has 0 saturated carbocycles. The molecule has 0 aromatic heterocycles. The quantitative estimate of drug-likeness (QED) is 0.798. The van der Waals surface area contributed by atoms with Crippen LogP contribution in [0.5, 0.6) is 5.75 Å². The summed E-state index contributed by atoms with van der Waals surface area (Å²) >= 11 is 0. The zero-order valence-electron chi connectivity index (χ0n) is 10.5. The number of nitrogens with zero attached hydrogens (tertiary/aromatic N) is 2. The van der Waals surface area contributed by atoms with E-state index in [4.69, 9.17) is 15.3 Å². The first-order chi connectivity index (χ1) is 8.80. The van der Waals surface area contributed by atoms with Crippen LogP contribution in [0.15, 0.2) is 24.3 Å². The van der Waals surface area contributed by atoms with Crippen molar-refractivity contribution in [2.24, 2.45) is 0 Å². The Morgan fingerprint density at radius 3 is 2.83 bits per heavy atom. The highest BCUT2D eigenvalue weighted by atomic mass is 16.5. The highest BCUT2D eigenvalue weighted by Gasteiger charge is 2.05. The van der Waals surface area contributed by atoms with Gasteiger partial charge in [0.1, 0.15) is 11.8 Å². The molecule has 1 N–H and O–H groups in total. The number of hydrogen-bond acceptors (Lipinski definition) is 4. The fraction of sp³-hybridized carbons (Fsp3) is 0.429. The van der Waals surface area contributed by atoms with E-state index in [9.17, 15) is 0 Å². The maximum atomic E-state index is 8.67. The molecule has 0 aliphatic carbocycles. The van der Waals surface area contributed by atoms with Gasteiger partial charge in [-0.25, -0.2) is 0 Å². The summed E-state index contributed by atoms with van der Waals surface area (Å²) in [7, 11) is 0. The minimum Gasteiger partial charge on any atom is -0.479 e. The molecule has 1 rings (SSSR count). The molecule has 4 nitrogen and oxygen atoms in total. The van der Waals surface area contributed by atoms with Crippen LogP contribution >= 0.6 is 0 Å². The molecule has 0 aliphatic rings. The van der Waals surface area contributed by atoms with Crippen molar-refractivity contribution >= 4 is 0 Å². The van der Waals surface area contributed by atoms with Gasteiger partial charge in [0.25, 0.3) is 0 Å². The molecule has 0 heterocycles. The minimum absolute atomic E-state index is 0.0584. The molecule has 4 heteroatoms. The topological polar surface area (TPSA) is 68.8 Å².